The van der Waals surface area contributed by atoms with E-state index in [0.29, 0.717) is 23.9 Å². The second kappa shape index (κ2) is 35.9. The zero-order valence-electron chi connectivity index (χ0n) is 34.7. The Morgan fingerprint density at radius 3 is 1.60 bits per heavy atom. The van der Waals surface area contributed by atoms with Crippen LogP contribution in [0.5, 0.6) is 0 Å². The summed E-state index contributed by atoms with van der Waals surface area (Å²) in [5.41, 5.74) is 0. The lowest BCUT2D eigenvalue weighted by Gasteiger charge is -2.24. The van der Waals surface area contributed by atoms with Gasteiger partial charge in [-0.25, -0.2) is 4.57 Å². The highest BCUT2D eigenvalue weighted by molar-refractivity contribution is 7.47. The number of nitrogens with zero attached hydrogens (tertiary/aromatic N) is 1. The monoisotopic (exact) mass is 771 g/mol. The second-order valence-corrected chi connectivity index (χ2v) is 16.8. The number of carbonyl (C=O) groups is 2. The number of quaternary nitrogens is 1. The smallest absolute Gasteiger partial charge is 0.462 e. The molecule has 0 bridgehead atoms. The third-order valence-electron chi connectivity index (χ3n) is 8.89. The highest BCUT2D eigenvalue weighted by Gasteiger charge is 2.27. The highest BCUT2D eigenvalue weighted by Crippen LogP contribution is 2.43. The van der Waals surface area contributed by atoms with Crippen LogP contribution in [0.15, 0.2) is 36.5 Å². The van der Waals surface area contributed by atoms with Gasteiger partial charge in [0.15, 0.2) is 6.10 Å². The van der Waals surface area contributed by atoms with Crippen LogP contribution in [-0.2, 0) is 32.7 Å². The summed E-state index contributed by atoms with van der Waals surface area (Å²) >= 11 is 0. The van der Waals surface area contributed by atoms with Crippen molar-refractivity contribution >= 4 is 19.8 Å². The fraction of sp³-hybridized carbons (Fsp3) is 0.814. The summed E-state index contributed by atoms with van der Waals surface area (Å²) in [6, 6.07) is 0. The first-order chi connectivity index (χ1) is 25.5. The molecule has 0 rings (SSSR count). The summed E-state index contributed by atoms with van der Waals surface area (Å²) in [5.74, 6) is -0.841. The lowest BCUT2D eigenvalue weighted by Crippen LogP contribution is -2.37. The normalized spacial score (nSPS) is 14.0. The first kappa shape index (κ1) is 51.2. The van der Waals surface area contributed by atoms with Crippen molar-refractivity contribution in [2.75, 3.05) is 47.5 Å². The topological polar surface area (TPSA) is 108 Å². The van der Waals surface area contributed by atoms with Gasteiger partial charge in [-0.3, -0.25) is 18.6 Å². The molecule has 0 fully saturated rings. The van der Waals surface area contributed by atoms with Gasteiger partial charge in [-0.2, -0.15) is 0 Å². The van der Waals surface area contributed by atoms with Crippen molar-refractivity contribution in [3.63, 3.8) is 0 Å². The molecule has 0 spiro atoms. The van der Waals surface area contributed by atoms with E-state index in [9.17, 15) is 19.0 Å². The van der Waals surface area contributed by atoms with Gasteiger partial charge in [-0.05, 0) is 64.2 Å². The Kier molecular flexibility index (Phi) is 34.7. The Hall–Kier alpha value is -1.77. The molecule has 310 valence electrons. The summed E-state index contributed by atoms with van der Waals surface area (Å²) in [5, 5.41) is 0. The minimum Gasteiger partial charge on any atom is -0.462 e. The van der Waals surface area contributed by atoms with Crippen molar-refractivity contribution in [3.05, 3.63) is 36.5 Å². The number of unbranched alkanes of at least 4 members (excludes halogenated alkanes) is 18. The number of carbonyl (C=O) groups excluding carboxylic acids is 2. The molecule has 0 saturated heterocycles. The van der Waals surface area contributed by atoms with E-state index in [1.165, 1.54) is 70.6 Å². The molecule has 9 nitrogen and oxygen atoms in total. The van der Waals surface area contributed by atoms with Crippen molar-refractivity contribution in [2.45, 2.75) is 180 Å². The second-order valence-electron chi connectivity index (χ2n) is 15.4. The Morgan fingerprint density at radius 1 is 0.585 bits per heavy atom. The lowest BCUT2D eigenvalue weighted by atomic mass is 10.1. The highest BCUT2D eigenvalue weighted by atomic mass is 31.2. The Balaban J connectivity index is 4.43. The van der Waals surface area contributed by atoms with E-state index in [4.69, 9.17) is 18.5 Å². The molecule has 0 saturated carbocycles. The van der Waals surface area contributed by atoms with Gasteiger partial charge in [0, 0.05) is 12.8 Å². The van der Waals surface area contributed by atoms with Crippen LogP contribution in [0, 0.1) is 0 Å². The van der Waals surface area contributed by atoms with Crippen LogP contribution >= 0.6 is 7.82 Å². The molecule has 0 aromatic heterocycles. The van der Waals surface area contributed by atoms with Crippen LogP contribution in [0.4, 0.5) is 0 Å². The minimum absolute atomic E-state index is 0.0257. The zero-order valence-corrected chi connectivity index (χ0v) is 35.6. The molecule has 1 N–H and O–H groups in total. The molecule has 10 heteroatoms. The average molecular weight is 771 g/mol. The molecule has 0 aliphatic carbocycles. The van der Waals surface area contributed by atoms with E-state index >= 15 is 0 Å². The fourth-order valence-electron chi connectivity index (χ4n) is 5.49. The number of hydrogen-bond donors (Lipinski definition) is 1. The van der Waals surface area contributed by atoms with Crippen LogP contribution in [0.2, 0.25) is 0 Å². The number of hydrogen-bond acceptors (Lipinski definition) is 7. The van der Waals surface area contributed by atoms with E-state index in [1.54, 1.807) is 0 Å². The van der Waals surface area contributed by atoms with Crippen LogP contribution in [0.25, 0.3) is 0 Å². The molecule has 0 aliphatic rings. The molecular formula is C43H81NO8P+. The quantitative estimate of drug-likeness (QED) is 0.0217. The molecule has 0 aromatic rings. The van der Waals surface area contributed by atoms with Gasteiger partial charge in [0.2, 0.25) is 0 Å². The predicted molar refractivity (Wildman–Crippen MR) is 220 cm³/mol. The number of rotatable bonds is 38. The molecular weight excluding hydrogens is 689 g/mol. The van der Waals surface area contributed by atoms with Gasteiger partial charge >= 0.3 is 19.8 Å². The molecule has 1 unspecified atom stereocenters. The lowest BCUT2D eigenvalue weighted by molar-refractivity contribution is -0.870. The summed E-state index contributed by atoms with van der Waals surface area (Å²) in [4.78, 5) is 35.3. The molecule has 0 radical (unpaired) electrons. The van der Waals surface area contributed by atoms with Gasteiger partial charge in [-0.15, -0.1) is 0 Å². The van der Waals surface area contributed by atoms with Crippen molar-refractivity contribution < 1.29 is 42.1 Å². The van der Waals surface area contributed by atoms with Gasteiger partial charge < -0.3 is 18.9 Å². The van der Waals surface area contributed by atoms with E-state index < -0.39 is 32.5 Å². The van der Waals surface area contributed by atoms with Crippen LogP contribution in [-0.4, -0.2) is 74.9 Å². The summed E-state index contributed by atoms with van der Waals surface area (Å²) < 4.78 is 34.2. The predicted octanol–water partition coefficient (Wildman–Crippen LogP) is 11.7. The molecule has 2 atom stereocenters. The van der Waals surface area contributed by atoms with E-state index in [2.05, 4.69) is 50.3 Å². The number of ether oxygens (including phenoxy) is 2. The largest absolute Gasteiger partial charge is 0.472 e. The Bertz CT molecular complexity index is 1010. The maximum absolute atomic E-state index is 12.6. The maximum Gasteiger partial charge on any atom is 0.472 e. The third-order valence-corrected chi connectivity index (χ3v) is 9.88. The van der Waals surface area contributed by atoms with Crippen LogP contribution in [0.1, 0.15) is 174 Å². The van der Waals surface area contributed by atoms with Gasteiger partial charge in [0.1, 0.15) is 19.8 Å². The molecule has 0 amide bonds. The minimum atomic E-state index is -4.38. The van der Waals surface area contributed by atoms with Crippen molar-refractivity contribution in [2.24, 2.45) is 0 Å². The van der Waals surface area contributed by atoms with Crippen molar-refractivity contribution in [1.82, 2.24) is 0 Å². The number of allylic oxidation sites excluding steroid dienone is 6. The summed E-state index contributed by atoms with van der Waals surface area (Å²) in [7, 11) is 1.45. The van der Waals surface area contributed by atoms with E-state index in [1.807, 2.05) is 21.1 Å². The van der Waals surface area contributed by atoms with Gasteiger partial charge in [0.05, 0.1) is 27.7 Å². The van der Waals surface area contributed by atoms with Crippen LogP contribution < -0.4 is 0 Å². The standard InChI is InChI=1S/C43H80NO8P/c1-6-8-10-12-14-16-18-20-22-24-25-27-29-31-33-35-42(45)49-39-41(40-51-53(47,48)50-38-37-44(3,4)5)52-43(46)36-34-32-30-28-26-23-21-19-17-15-13-11-9-7-2/h13,15,19,21,25,27,41H,6-12,14,16-18,20,22-24,26,28-40H2,1-5H3/p+1/b15-13+,21-19+,27-25+/t41-/m1/s1. The number of esters is 2. The summed E-state index contributed by atoms with van der Waals surface area (Å²) in [6.07, 6.45) is 39.0. The fourth-order valence-corrected chi connectivity index (χ4v) is 6.24. The number of phosphoric acid groups is 1. The van der Waals surface area contributed by atoms with Gasteiger partial charge in [-0.1, -0.05) is 134 Å². The van der Waals surface area contributed by atoms with Crippen molar-refractivity contribution in [1.29, 1.82) is 0 Å². The number of likely N-dealkylation sites (N-methyl/N-ethyl adjacent to an activating group) is 1. The first-order valence-electron chi connectivity index (χ1n) is 21.2. The maximum atomic E-state index is 12.6. The zero-order chi connectivity index (χ0) is 39.3. The third kappa shape index (κ3) is 39.7. The molecule has 0 aromatic carbocycles. The van der Waals surface area contributed by atoms with Crippen molar-refractivity contribution in [3.8, 4) is 0 Å². The van der Waals surface area contributed by atoms with E-state index in [-0.39, 0.29) is 26.1 Å². The molecule has 0 heterocycles. The SMILES string of the molecule is CCCC/C=C/C/C=C/CCCCCCCC(=O)O[C@H](COC(=O)CCCC/C=C/CCCCCCCCCCC)COP(=O)(O)OCC[N+](C)(C)C. The Morgan fingerprint density at radius 2 is 1.04 bits per heavy atom. The number of phosphoric ester groups is 1. The van der Waals surface area contributed by atoms with Crippen LogP contribution in [0.3, 0.4) is 0 Å². The molecule has 0 aliphatic heterocycles. The average Bonchev–Trinajstić information content (AvgIpc) is 3.10. The summed E-state index contributed by atoms with van der Waals surface area (Å²) in [6.45, 7) is 4.33. The van der Waals surface area contributed by atoms with Gasteiger partial charge in [0.25, 0.3) is 0 Å². The first-order valence-corrected chi connectivity index (χ1v) is 22.7. The van der Waals surface area contributed by atoms with E-state index in [0.717, 1.165) is 64.2 Å². The Labute approximate surface area is 325 Å². The molecule has 53 heavy (non-hydrogen) atoms.